The molecule has 0 unspecified atom stereocenters. The van der Waals surface area contributed by atoms with Crippen molar-refractivity contribution in [2.45, 2.75) is 58.8 Å². The molecular formula is C21H26S. The van der Waals surface area contributed by atoms with Gasteiger partial charge in [0.2, 0.25) is 0 Å². The van der Waals surface area contributed by atoms with Gasteiger partial charge in [-0.3, -0.25) is 0 Å². The fourth-order valence-electron chi connectivity index (χ4n) is 3.13. The van der Waals surface area contributed by atoms with Crippen LogP contribution in [0.4, 0.5) is 0 Å². The van der Waals surface area contributed by atoms with Crippen molar-refractivity contribution < 1.29 is 0 Å². The summed E-state index contributed by atoms with van der Waals surface area (Å²) in [5.74, 6) is 0. The predicted molar refractivity (Wildman–Crippen MR) is 101 cm³/mol. The molecule has 3 rings (SSSR count). The molecule has 0 aliphatic carbocycles. The molecule has 0 bridgehead atoms. The Kier molecular flexibility index (Phi) is 3.60. The number of fused-ring (bicyclic) bond motifs is 3. The molecule has 3 aromatic rings. The molecule has 0 saturated carbocycles. The molecule has 0 spiro atoms. The average molecular weight is 311 g/mol. The van der Waals surface area contributed by atoms with Crippen LogP contribution in [-0.2, 0) is 10.8 Å². The van der Waals surface area contributed by atoms with Crippen molar-refractivity contribution in [3.05, 3.63) is 47.5 Å². The maximum absolute atomic E-state index is 2.36. The van der Waals surface area contributed by atoms with E-state index in [9.17, 15) is 0 Å². The zero-order valence-corrected chi connectivity index (χ0v) is 15.4. The van der Waals surface area contributed by atoms with Gasteiger partial charge in [0.05, 0.1) is 0 Å². The SMILES string of the molecule is CCC(C)(C)c1cccc2c1sc1c(C(C)(C)C)cccc12. The van der Waals surface area contributed by atoms with Crippen LogP contribution in [0.2, 0.25) is 0 Å². The second-order valence-electron chi connectivity index (χ2n) is 7.95. The summed E-state index contributed by atoms with van der Waals surface area (Å²) in [7, 11) is 0. The second-order valence-corrected chi connectivity index (χ2v) is 8.97. The van der Waals surface area contributed by atoms with Crippen LogP contribution in [0, 0.1) is 0 Å². The van der Waals surface area contributed by atoms with Crippen LogP contribution in [0.15, 0.2) is 36.4 Å². The lowest BCUT2D eigenvalue weighted by Crippen LogP contribution is -2.15. The molecule has 1 heteroatoms. The van der Waals surface area contributed by atoms with Crippen LogP contribution < -0.4 is 0 Å². The molecule has 0 fully saturated rings. The Labute approximate surface area is 138 Å². The molecule has 1 aromatic heterocycles. The summed E-state index contributed by atoms with van der Waals surface area (Å²) in [5.41, 5.74) is 3.36. The lowest BCUT2D eigenvalue weighted by Gasteiger charge is -2.24. The quantitative estimate of drug-likeness (QED) is 0.476. The molecule has 0 radical (unpaired) electrons. The Bertz CT molecular complexity index is 828. The molecule has 0 amide bonds. The minimum atomic E-state index is 0.181. The second kappa shape index (κ2) is 5.09. The molecule has 1 heterocycles. The van der Waals surface area contributed by atoms with Gasteiger partial charge in [0.15, 0.2) is 0 Å². The van der Waals surface area contributed by atoms with E-state index in [1.54, 1.807) is 0 Å². The first-order valence-electron chi connectivity index (χ1n) is 8.21. The summed E-state index contributed by atoms with van der Waals surface area (Å²) >= 11 is 1.98. The molecule has 2 aromatic carbocycles. The first kappa shape index (κ1) is 15.6. The third kappa shape index (κ3) is 2.36. The van der Waals surface area contributed by atoms with Crippen LogP contribution in [0.5, 0.6) is 0 Å². The van der Waals surface area contributed by atoms with Crippen molar-refractivity contribution in [1.29, 1.82) is 0 Å². The van der Waals surface area contributed by atoms with Crippen molar-refractivity contribution in [2.75, 3.05) is 0 Å². The van der Waals surface area contributed by atoms with Gasteiger partial charge in [-0.05, 0) is 28.4 Å². The highest BCUT2D eigenvalue weighted by atomic mass is 32.1. The molecule has 0 N–H and O–H groups in total. The summed E-state index contributed by atoms with van der Waals surface area (Å²) in [4.78, 5) is 0. The zero-order valence-electron chi connectivity index (χ0n) is 14.6. The minimum absolute atomic E-state index is 0.181. The van der Waals surface area contributed by atoms with Gasteiger partial charge in [-0.1, -0.05) is 77.9 Å². The highest BCUT2D eigenvalue weighted by molar-refractivity contribution is 7.26. The molecule has 116 valence electrons. The highest BCUT2D eigenvalue weighted by Crippen LogP contribution is 2.44. The standard InChI is InChI=1S/C21H26S/c1-7-21(5,6)17-13-9-11-15-14-10-8-12-16(20(2,3)4)18(14)22-19(15)17/h8-13H,7H2,1-6H3. The Balaban J connectivity index is 2.42. The lowest BCUT2D eigenvalue weighted by atomic mass is 9.81. The fourth-order valence-corrected chi connectivity index (χ4v) is 4.85. The minimum Gasteiger partial charge on any atom is -0.135 e. The van der Waals surface area contributed by atoms with E-state index in [1.165, 1.54) is 31.3 Å². The first-order chi connectivity index (χ1) is 10.3. The van der Waals surface area contributed by atoms with E-state index < -0.39 is 0 Å². The van der Waals surface area contributed by atoms with Crippen LogP contribution in [0.25, 0.3) is 20.2 Å². The van der Waals surface area contributed by atoms with Crippen molar-refractivity contribution in [2.24, 2.45) is 0 Å². The Morgan fingerprint density at radius 1 is 0.773 bits per heavy atom. The van der Waals surface area contributed by atoms with E-state index in [2.05, 4.69) is 77.9 Å². The largest absolute Gasteiger partial charge is 0.135 e. The maximum atomic E-state index is 2.36. The van der Waals surface area contributed by atoms with Gasteiger partial charge in [0.25, 0.3) is 0 Å². The summed E-state index contributed by atoms with van der Waals surface area (Å²) in [5, 5.41) is 2.84. The van der Waals surface area contributed by atoms with Crippen molar-refractivity contribution >= 4 is 31.5 Å². The topological polar surface area (TPSA) is 0 Å². The highest BCUT2D eigenvalue weighted by Gasteiger charge is 2.24. The number of thiophene rings is 1. The van der Waals surface area contributed by atoms with Gasteiger partial charge in [0, 0.05) is 20.2 Å². The van der Waals surface area contributed by atoms with Gasteiger partial charge >= 0.3 is 0 Å². The summed E-state index contributed by atoms with van der Waals surface area (Å²) in [6.07, 6.45) is 1.16. The van der Waals surface area contributed by atoms with Gasteiger partial charge in [-0.25, -0.2) is 0 Å². The third-order valence-corrected chi connectivity index (χ3v) is 6.23. The lowest BCUT2D eigenvalue weighted by molar-refractivity contribution is 0.511. The summed E-state index contributed by atoms with van der Waals surface area (Å²) < 4.78 is 2.94. The molecule has 0 aliphatic heterocycles. The molecular weight excluding hydrogens is 284 g/mol. The Morgan fingerprint density at radius 3 is 1.77 bits per heavy atom. The van der Waals surface area contributed by atoms with E-state index in [1.807, 2.05) is 11.3 Å². The van der Waals surface area contributed by atoms with Crippen molar-refractivity contribution in [1.82, 2.24) is 0 Å². The first-order valence-corrected chi connectivity index (χ1v) is 9.02. The smallest absolute Gasteiger partial charge is 0.0392 e. The van der Waals surface area contributed by atoms with Gasteiger partial charge in [0.1, 0.15) is 0 Å². The average Bonchev–Trinajstić information content (AvgIpc) is 2.84. The van der Waals surface area contributed by atoms with E-state index in [4.69, 9.17) is 0 Å². The van der Waals surface area contributed by atoms with E-state index >= 15 is 0 Å². The number of benzene rings is 2. The molecule has 0 nitrogen and oxygen atoms in total. The summed E-state index contributed by atoms with van der Waals surface area (Å²) in [6, 6.07) is 13.6. The van der Waals surface area contributed by atoms with Crippen molar-refractivity contribution in [3.8, 4) is 0 Å². The predicted octanol–water partition coefficient (Wildman–Crippen LogP) is 7.04. The fraction of sp³-hybridized carbons (Fsp3) is 0.429. The van der Waals surface area contributed by atoms with Gasteiger partial charge < -0.3 is 0 Å². The molecule has 22 heavy (non-hydrogen) atoms. The maximum Gasteiger partial charge on any atom is 0.0392 e. The zero-order chi connectivity index (χ0) is 16.1. The van der Waals surface area contributed by atoms with E-state index in [0.29, 0.717) is 0 Å². The van der Waals surface area contributed by atoms with Crippen LogP contribution >= 0.6 is 11.3 Å². The number of rotatable bonds is 2. The molecule has 0 aliphatic rings. The third-order valence-electron chi connectivity index (χ3n) is 4.95. The Morgan fingerprint density at radius 2 is 1.27 bits per heavy atom. The van der Waals surface area contributed by atoms with Crippen LogP contribution in [-0.4, -0.2) is 0 Å². The van der Waals surface area contributed by atoms with Crippen molar-refractivity contribution in [3.63, 3.8) is 0 Å². The molecule has 0 atom stereocenters. The van der Waals surface area contributed by atoms with Crippen LogP contribution in [0.3, 0.4) is 0 Å². The number of hydrogen-bond acceptors (Lipinski definition) is 1. The van der Waals surface area contributed by atoms with Gasteiger partial charge in [-0.2, -0.15) is 0 Å². The normalized spacial score (nSPS) is 13.2. The van der Waals surface area contributed by atoms with E-state index in [-0.39, 0.29) is 10.8 Å². The Hall–Kier alpha value is -1.34. The monoisotopic (exact) mass is 310 g/mol. The summed E-state index contributed by atoms with van der Waals surface area (Å²) in [6.45, 7) is 13.9. The molecule has 0 saturated heterocycles. The number of hydrogen-bond donors (Lipinski definition) is 0. The van der Waals surface area contributed by atoms with Crippen LogP contribution in [0.1, 0.15) is 59.1 Å². The van der Waals surface area contributed by atoms with Gasteiger partial charge in [-0.15, -0.1) is 11.3 Å². The van der Waals surface area contributed by atoms with E-state index in [0.717, 1.165) is 6.42 Å².